The average Bonchev–Trinajstić information content (AvgIpc) is 3.34. The van der Waals surface area contributed by atoms with Gasteiger partial charge in [-0.25, -0.2) is 13.8 Å². The fraction of sp³-hybridized carbons (Fsp3) is 0.348. The SMILES string of the molecule is C=C(C)C[C@](C)(N)COc1ccc(-c2ccnc(NC(=O)C3CC3(F)F)c2)cc1C#N. The molecular weight excluding hydrogens is 402 g/mol. The third kappa shape index (κ3) is 5.64. The quantitative estimate of drug-likeness (QED) is 0.614. The highest BCUT2D eigenvalue weighted by Crippen LogP contribution is 2.49. The Balaban J connectivity index is 1.74. The normalized spacial score (nSPS) is 18.4. The highest BCUT2D eigenvalue weighted by Gasteiger charge is 2.61. The molecule has 1 heterocycles. The highest BCUT2D eigenvalue weighted by atomic mass is 19.3. The number of hydrogen-bond acceptors (Lipinski definition) is 5. The third-order valence-corrected chi connectivity index (χ3v) is 4.85. The van der Waals surface area contributed by atoms with Crippen molar-refractivity contribution in [2.24, 2.45) is 11.7 Å². The summed E-state index contributed by atoms with van der Waals surface area (Å²) in [6, 6.07) is 10.5. The summed E-state index contributed by atoms with van der Waals surface area (Å²) in [6.45, 7) is 7.82. The van der Waals surface area contributed by atoms with E-state index >= 15 is 0 Å². The molecule has 0 aliphatic heterocycles. The van der Waals surface area contributed by atoms with Crippen molar-refractivity contribution in [2.75, 3.05) is 11.9 Å². The lowest BCUT2D eigenvalue weighted by atomic mass is 9.96. The fourth-order valence-corrected chi connectivity index (χ4v) is 3.30. The molecule has 0 spiro atoms. The molecule has 0 radical (unpaired) electrons. The van der Waals surface area contributed by atoms with Crippen molar-refractivity contribution in [3.05, 3.63) is 54.2 Å². The van der Waals surface area contributed by atoms with Crippen LogP contribution in [-0.4, -0.2) is 29.0 Å². The Labute approximate surface area is 179 Å². The van der Waals surface area contributed by atoms with Crippen molar-refractivity contribution in [3.63, 3.8) is 0 Å². The number of rotatable bonds is 8. The molecule has 2 aromatic rings. The van der Waals surface area contributed by atoms with Crippen LogP contribution in [0.1, 0.15) is 32.3 Å². The number of halogens is 2. The van der Waals surface area contributed by atoms with E-state index < -0.39 is 29.7 Å². The number of benzene rings is 1. The summed E-state index contributed by atoms with van der Waals surface area (Å²) in [4.78, 5) is 15.9. The van der Waals surface area contributed by atoms with Gasteiger partial charge in [-0.05, 0) is 55.7 Å². The maximum absolute atomic E-state index is 13.1. The summed E-state index contributed by atoms with van der Waals surface area (Å²) in [5.74, 6) is -4.43. The molecule has 3 rings (SSSR count). The molecule has 1 unspecified atom stereocenters. The second kappa shape index (κ2) is 8.44. The standard InChI is InChI=1S/C23H24F2N4O2/c1-14(2)10-22(3,27)13-31-19-5-4-15(8-17(19)12-26)16-6-7-28-20(9-16)29-21(30)18-11-23(18,24)25/h4-9,18H,1,10-11,13,27H2,2-3H3,(H,28,29,30)/t18?,22-/m0/s1. The number of hydrogen-bond donors (Lipinski definition) is 2. The van der Waals surface area contributed by atoms with Crippen LogP contribution in [0, 0.1) is 17.2 Å². The van der Waals surface area contributed by atoms with E-state index in [1.165, 1.54) is 6.20 Å². The molecule has 3 N–H and O–H groups in total. The van der Waals surface area contributed by atoms with Crippen LogP contribution in [-0.2, 0) is 4.79 Å². The number of carbonyl (C=O) groups excluding carboxylic acids is 1. The Morgan fingerprint density at radius 3 is 2.71 bits per heavy atom. The molecule has 8 heteroatoms. The van der Waals surface area contributed by atoms with Crippen LogP contribution in [0.15, 0.2) is 48.7 Å². The molecule has 1 aliphatic rings. The lowest BCUT2D eigenvalue weighted by Gasteiger charge is -2.25. The van der Waals surface area contributed by atoms with Gasteiger partial charge in [0.25, 0.3) is 5.92 Å². The zero-order valence-electron chi connectivity index (χ0n) is 17.4. The van der Waals surface area contributed by atoms with Gasteiger partial charge < -0.3 is 15.8 Å². The summed E-state index contributed by atoms with van der Waals surface area (Å²) < 4.78 is 31.9. The van der Waals surface area contributed by atoms with E-state index in [-0.39, 0.29) is 12.4 Å². The lowest BCUT2D eigenvalue weighted by molar-refractivity contribution is -0.119. The molecule has 1 saturated carbocycles. The second-order valence-corrected chi connectivity index (χ2v) is 8.34. The van der Waals surface area contributed by atoms with Gasteiger partial charge in [0, 0.05) is 12.6 Å². The minimum absolute atomic E-state index is 0.169. The first-order chi connectivity index (χ1) is 14.5. The Morgan fingerprint density at radius 1 is 1.42 bits per heavy atom. The van der Waals surface area contributed by atoms with Gasteiger partial charge in [0.05, 0.1) is 11.1 Å². The molecule has 0 bridgehead atoms. The second-order valence-electron chi connectivity index (χ2n) is 8.34. The van der Waals surface area contributed by atoms with Gasteiger partial charge in [-0.2, -0.15) is 5.26 Å². The van der Waals surface area contributed by atoms with E-state index in [1.807, 2.05) is 13.8 Å². The minimum Gasteiger partial charge on any atom is -0.490 e. The van der Waals surface area contributed by atoms with Crippen molar-refractivity contribution in [1.29, 1.82) is 5.26 Å². The van der Waals surface area contributed by atoms with Crippen LogP contribution < -0.4 is 15.8 Å². The maximum Gasteiger partial charge on any atom is 0.260 e. The molecule has 6 nitrogen and oxygen atoms in total. The number of pyridine rings is 1. The van der Waals surface area contributed by atoms with E-state index in [9.17, 15) is 18.8 Å². The van der Waals surface area contributed by atoms with Gasteiger partial charge in [-0.1, -0.05) is 11.6 Å². The van der Waals surface area contributed by atoms with Crippen LogP contribution in [0.5, 0.6) is 5.75 Å². The molecule has 1 aromatic heterocycles. The molecule has 1 aliphatic carbocycles. The van der Waals surface area contributed by atoms with Crippen molar-refractivity contribution < 1.29 is 18.3 Å². The van der Waals surface area contributed by atoms with E-state index in [4.69, 9.17) is 10.5 Å². The summed E-state index contributed by atoms with van der Waals surface area (Å²) in [5.41, 5.74) is 8.22. The number of amides is 1. The van der Waals surface area contributed by atoms with Gasteiger partial charge >= 0.3 is 0 Å². The molecule has 1 amide bonds. The first-order valence-electron chi connectivity index (χ1n) is 9.76. The fourth-order valence-electron chi connectivity index (χ4n) is 3.30. The van der Waals surface area contributed by atoms with Crippen molar-refractivity contribution in [1.82, 2.24) is 4.98 Å². The predicted octanol–water partition coefficient (Wildman–Crippen LogP) is 4.28. The van der Waals surface area contributed by atoms with Crippen molar-refractivity contribution in [2.45, 2.75) is 38.2 Å². The monoisotopic (exact) mass is 426 g/mol. The van der Waals surface area contributed by atoms with Crippen LogP contribution in [0.2, 0.25) is 0 Å². The Bertz CT molecular complexity index is 1060. The van der Waals surface area contributed by atoms with E-state index in [2.05, 4.69) is 22.9 Å². The number of nitrogens with zero attached hydrogens (tertiary/aromatic N) is 2. The number of nitrogens with two attached hydrogens (primary N) is 1. The number of anilines is 1. The average molecular weight is 426 g/mol. The highest BCUT2D eigenvalue weighted by molar-refractivity contribution is 5.95. The van der Waals surface area contributed by atoms with Gasteiger partial charge in [0.1, 0.15) is 30.2 Å². The van der Waals surface area contributed by atoms with Gasteiger partial charge in [0.2, 0.25) is 5.91 Å². The number of ether oxygens (including phenoxy) is 1. The van der Waals surface area contributed by atoms with Crippen LogP contribution in [0.4, 0.5) is 14.6 Å². The summed E-state index contributed by atoms with van der Waals surface area (Å²) in [6.07, 6.45) is 1.61. The van der Waals surface area contributed by atoms with Gasteiger partial charge in [-0.3, -0.25) is 4.79 Å². The molecular formula is C23H24F2N4O2. The Morgan fingerprint density at radius 2 is 2.10 bits per heavy atom. The first kappa shape index (κ1) is 22.4. The Kier molecular flexibility index (Phi) is 6.09. The number of nitriles is 1. The molecule has 2 atom stereocenters. The molecule has 1 aromatic carbocycles. The summed E-state index contributed by atoms with van der Waals surface area (Å²) in [5, 5.41) is 12.0. The lowest BCUT2D eigenvalue weighted by Crippen LogP contribution is -2.42. The van der Waals surface area contributed by atoms with E-state index in [1.54, 1.807) is 30.3 Å². The van der Waals surface area contributed by atoms with Crippen molar-refractivity contribution in [3.8, 4) is 22.9 Å². The largest absolute Gasteiger partial charge is 0.490 e. The molecule has 162 valence electrons. The van der Waals surface area contributed by atoms with Gasteiger partial charge in [0.15, 0.2) is 0 Å². The third-order valence-electron chi connectivity index (χ3n) is 4.85. The zero-order chi connectivity index (χ0) is 22.8. The summed E-state index contributed by atoms with van der Waals surface area (Å²) >= 11 is 0. The molecule has 1 fully saturated rings. The van der Waals surface area contributed by atoms with Gasteiger partial charge in [-0.15, -0.1) is 6.58 Å². The van der Waals surface area contributed by atoms with E-state index in [0.717, 1.165) is 5.57 Å². The van der Waals surface area contributed by atoms with Crippen LogP contribution in [0.3, 0.4) is 0 Å². The topological polar surface area (TPSA) is 101 Å². The number of nitrogens with one attached hydrogen (secondary N) is 1. The zero-order valence-corrected chi connectivity index (χ0v) is 17.4. The Hall–Kier alpha value is -3.31. The summed E-state index contributed by atoms with van der Waals surface area (Å²) in [7, 11) is 0. The number of alkyl halides is 2. The maximum atomic E-state index is 13.1. The smallest absolute Gasteiger partial charge is 0.260 e. The van der Waals surface area contributed by atoms with Crippen LogP contribution in [0.25, 0.3) is 11.1 Å². The minimum atomic E-state index is -2.94. The predicted molar refractivity (Wildman–Crippen MR) is 114 cm³/mol. The van der Waals surface area contributed by atoms with Crippen LogP contribution >= 0.6 is 0 Å². The van der Waals surface area contributed by atoms with E-state index in [0.29, 0.717) is 28.9 Å². The first-order valence-corrected chi connectivity index (χ1v) is 9.76. The molecule has 31 heavy (non-hydrogen) atoms. The number of aromatic nitrogens is 1. The van der Waals surface area contributed by atoms with Crippen molar-refractivity contribution >= 4 is 11.7 Å². The number of carbonyl (C=O) groups is 1. The molecule has 0 saturated heterocycles.